The van der Waals surface area contributed by atoms with E-state index in [1.54, 1.807) is 13.0 Å². The summed E-state index contributed by atoms with van der Waals surface area (Å²) >= 11 is 6.68. The minimum Gasteiger partial charge on any atom is -0.480 e. The molecule has 6 heteroatoms. The van der Waals surface area contributed by atoms with Gasteiger partial charge in [-0.05, 0) is 41.1 Å². The summed E-state index contributed by atoms with van der Waals surface area (Å²) in [7, 11) is 0. The average Bonchev–Trinajstić information content (AvgIpc) is 2.29. The molecule has 1 aromatic carbocycles. The van der Waals surface area contributed by atoms with E-state index >= 15 is 0 Å². The monoisotopic (exact) mass is 365 g/mol. The van der Waals surface area contributed by atoms with Crippen LogP contribution in [0.25, 0.3) is 0 Å². The molecule has 0 spiro atoms. The predicted octanol–water partition coefficient (Wildman–Crippen LogP) is 2.09. The zero-order valence-corrected chi connectivity index (χ0v) is 12.4. The van der Waals surface area contributed by atoms with Crippen molar-refractivity contribution in [1.29, 1.82) is 0 Å². The molecule has 4 nitrogen and oxygen atoms in total. The number of hydrogen-bond donors (Lipinski definition) is 2. The van der Waals surface area contributed by atoms with Crippen molar-refractivity contribution in [2.24, 2.45) is 0 Å². The molecule has 1 rings (SSSR count). The zero-order chi connectivity index (χ0) is 12.8. The maximum atomic E-state index is 11.5. The molecular weight excluding hydrogens is 354 g/mol. The van der Waals surface area contributed by atoms with Crippen LogP contribution in [0.4, 0.5) is 0 Å². The van der Waals surface area contributed by atoms with Gasteiger partial charge in [-0.25, -0.2) is 0 Å². The number of nitrogens with one attached hydrogen (secondary N) is 1. The standard InChI is InChI=1S/C11H13Br2NO3/c1-7(11(16)14-4-5-15)17-10-3-2-8(12)6-9(10)13/h2-3,6-7,15H,4-5H2,1H3,(H,14,16). The molecule has 1 atom stereocenters. The number of halogens is 2. The summed E-state index contributed by atoms with van der Waals surface area (Å²) in [5, 5.41) is 11.1. The molecule has 0 bridgehead atoms. The number of carbonyl (C=O) groups is 1. The highest BCUT2D eigenvalue weighted by Crippen LogP contribution is 2.28. The van der Waals surface area contributed by atoms with Gasteiger partial charge in [0.25, 0.3) is 5.91 Å². The van der Waals surface area contributed by atoms with E-state index < -0.39 is 6.10 Å². The number of rotatable bonds is 5. The Labute approximate surface area is 117 Å². The van der Waals surface area contributed by atoms with Gasteiger partial charge in [-0.2, -0.15) is 0 Å². The Balaban J connectivity index is 2.61. The third-order valence-electron chi connectivity index (χ3n) is 1.98. The molecule has 94 valence electrons. The van der Waals surface area contributed by atoms with E-state index in [1.807, 2.05) is 12.1 Å². The largest absolute Gasteiger partial charge is 0.480 e. The molecule has 1 unspecified atom stereocenters. The second-order valence-electron chi connectivity index (χ2n) is 3.35. The molecule has 0 aliphatic rings. The fraction of sp³-hybridized carbons (Fsp3) is 0.364. The fourth-order valence-electron chi connectivity index (χ4n) is 1.14. The van der Waals surface area contributed by atoms with Gasteiger partial charge in [-0.3, -0.25) is 4.79 Å². The molecule has 0 fully saturated rings. The average molecular weight is 367 g/mol. The van der Waals surface area contributed by atoms with Gasteiger partial charge < -0.3 is 15.2 Å². The Bertz CT molecular complexity index is 398. The molecule has 0 saturated heterocycles. The van der Waals surface area contributed by atoms with Crippen LogP contribution in [-0.4, -0.2) is 30.3 Å². The van der Waals surface area contributed by atoms with E-state index in [0.29, 0.717) is 5.75 Å². The smallest absolute Gasteiger partial charge is 0.260 e. The van der Waals surface area contributed by atoms with Crippen LogP contribution in [0.1, 0.15) is 6.92 Å². The van der Waals surface area contributed by atoms with E-state index in [-0.39, 0.29) is 19.1 Å². The molecule has 0 heterocycles. The summed E-state index contributed by atoms with van der Waals surface area (Å²) in [6, 6.07) is 5.44. The normalized spacial score (nSPS) is 12.0. The van der Waals surface area contributed by atoms with Gasteiger partial charge in [0.1, 0.15) is 5.75 Å². The Morgan fingerprint density at radius 1 is 1.53 bits per heavy atom. The third kappa shape index (κ3) is 4.65. The van der Waals surface area contributed by atoms with Crippen LogP contribution in [0.15, 0.2) is 27.1 Å². The highest BCUT2D eigenvalue weighted by atomic mass is 79.9. The van der Waals surface area contributed by atoms with Crippen molar-refractivity contribution < 1.29 is 14.6 Å². The fourth-order valence-corrected chi connectivity index (χ4v) is 2.28. The van der Waals surface area contributed by atoms with Gasteiger partial charge >= 0.3 is 0 Å². The van der Waals surface area contributed by atoms with Gasteiger partial charge in [-0.1, -0.05) is 15.9 Å². The molecule has 0 aromatic heterocycles. The molecule has 0 radical (unpaired) electrons. The highest BCUT2D eigenvalue weighted by molar-refractivity contribution is 9.11. The molecule has 2 N–H and O–H groups in total. The van der Waals surface area contributed by atoms with Crippen LogP contribution in [-0.2, 0) is 4.79 Å². The Kier molecular flexibility index (Phi) is 5.94. The van der Waals surface area contributed by atoms with Crippen LogP contribution >= 0.6 is 31.9 Å². The molecule has 1 aromatic rings. The second-order valence-corrected chi connectivity index (χ2v) is 5.12. The first kappa shape index (κ1) is 14.5. The lowest BCUT2D eigenvalue weighted by atomic mass is 10.3. The number of aliphatic hydroxyl groups is 1. The van der Waals surface area contributed by atoms with Gasteiger partial charge in [0, 0.05) is 11.0 Å². The first-order valence-corrected chi connectivity index (χ1v) is 6.63. The van der Waals surface area contributed by atoms with E-state index in [0.717, 1.165) is 8.95 Å². The van der Waals surface area contributed by atoms with Crippen LogP contribution in [0.2, 0.25) is 0 Å². The molecular formula is C11H13Br2NO3. The van der Waals surface area contributed by atoms with E-state index in [9.17, 15) is 4.79 Å². The number of hydrogen-bond acceptors (Lipinski definition) is 3. The van der Waals surface area contributed by atoms with Crippen molar-refractivity contribution in [3.63, 3.8) is 0 Å². The molecule has 0 saturated carbocycles. The summed E-state index contributed by atoms with van der Waals surface area (Å²) < 4.78 is 7.19. The Morgan fingerprint density at radius 2 is 2.24 bits per heavy atom. The Hall–Kier alpha value is -0.590. The van der Waals surface area contributed by atoms with Crippen LogP contribution in [0.5, 0.6) is 5.75 Å². The maximum absolute atomic E-state index is 11.5. The molecule has 17 heavy (non-hydrogen) atoms. The van der Waals surface area contributed by atoms with Crippen LogP contribution in [0, 0.1) is 0 Å². The molecule has 1 amide bonds. The summed E-state index contributed by atoms with van der Waals surface area (Å²) in [6.07, 6.45) is -0.612. The topological polar surface area (TPSA) is 58.6 Å². The second kappa shape index (κ2) is 6.98. The lowest BCUT2D eigenvalue weighted by Gasteiger charge is -2.15. The Morgan fingerprint density at radius 3 is 2.82 bits per heavy atom. The lowest BCUT2D eigenvalue weighted by Crippen LogP contribution is -2.37. The van der Waals surface area contributed by atoms with Crippen LogP contribution in [0.3, 0.4) is 0 Å². The summed E-state index contributed by atoms with van der Waals surface area (Å²) in [5.74, 6) is 0.341. The SMILES string of the molecule is CC(Oc1ccc(Br)cc1Br)C(=O)NCCO. The first-order valence-electron chi connectivity index (χ1n) is 5.05. The van der Waals surface area contributed by atoms with Gasteiger partial charge in [0.05, 0.1) is 11.1 Å². The number of amides is 1. The van der Waals surface area contributed by atoms with Crippen molar-refractivity contribution >= 4 is 37.8 Å². The highest BCUT2D eigenvalue weighted by Gasteiger charge is 2.15. The minimum absolute atomic E-state index is 0.0829. The van der Waals surface area contributed by atoms with Crippen molar-refractivity contribution in [2.45, 2.75) is 13.0 Å². The number of carbonyl (C=O) groups excluding carboxylic acids is 1. The number of ether oxygens (including phenoxy) is 1. The maximum Gasteiger partial charge on any atom is 0.260 e. The van der Waals surface area contributed by atoms with Crippen molar-refractivity contribution in [3.05, 3.63) is 27.1 Å². The van der Waals surface area contributed by atoms with Gasteiger partial charge in [-0.15, -0.1) is 0 Å². The van der Waals surface area contributed by atoms with Crippen molar-refractivity contribution in [1.82, 2.24) is 5.32 Å². The lowest BCUT2D eigenvalue weighted by molar-refractivity contribution is -0.127. The van der Waals surface area contributed by atoms with Gasteiger partial charge in [0.2, 0.25) is 0 Å². The summed E-state index contributed by atoms with van der Waals surface area (Å²) in [4.78, 5) is 11.5. The third-order valence-corrected chi connectivity index (χ3v) is 3.09. The summed E-state index contributed by atoms with van der Waals surface area (Å²) in [5.41, 5.74) is 0. The van der Waals surface area contributed by atoms with Crippen molar-refractivity contribution in [3.8, 4) is 5.75 Å². The van der Waals surface area contributed by atoms with E-state index in [1.165, 1.54) is 0 Å². The van der Waals surface area contributed by atoms with E-state index in [4.69, 9.17) is 9.84 Å². The first-order chi connectivity index (χ1) is 8.04. The predicted molar refractivity (Wildman–Crippen MR) is 72.0 cm³/mol. The van der Waals surface area contributed by atoms with Gasteiger partial charge in [0.15, 0.2) is 6.10 Å². The molecule has 0 aliphatic heterocycles. The van der Waals surface area contributed by atoms with Crippen LogP contribution < -0.4 is 10.1 Å². The summed E-state index contributed by atoms with van der Waals surface area (Å²) in [6.45, 7) is 1.80. The molecule has 0 aliphatic carbocycles. The van der Waals surface area contributed by atoms with Crippen molar-refractivity contribution in [2.75, 3.05) is 13.2 Å². The van der Waals surface area contributed by atoms with E-state index in [2.05, 4.69) is 37.2 Å². The number of aliphatic hydroxyl groups excluding tert-OH is 1. The number of benzene rings is 1. The minimum atomic E-state index is -0.612. The quantitative estimate of drug-likeness (QED) is 0.838. The zero-order valence-electron chi connectivity index (χ0n) is 9.24.